The molecular formula is C8H6S4Se2. The van der Waals surface area contributed by atoms with Crippen LogP contribution in [0.25, 0.3) is 0 Å². The SMILES string of the molecule is C1=CSC(=C2[Se]C3=C(SCCS3)[Se]2)S1. The van der Waals surface area contributed by atoms with Gasteiger partial charge in [0.1, 0.15) is 0 Å². The van der Waals surface area contributed by atoms with E-state index in [1.54, 1.807) is 15.2 Å². The number of hydrogen-bond donors (Lipinski definition) is 0. The zero-order valence-corrected chi connectivity index (χ0v) is 13.7. The Morgan fingerprint density at radius 1 is 0.929 bits per heavy atom. The molecule has 3 aliphatic heterocycles. The van der Waals surface area contributed by atoms with E-state index in [0.29, 0.717) is 29.9 Å². The van der Waals surface area contributed by atoms with Gasteiger partial charge in [-0.2, -0.15) is 0 Å². The summed E-state index contributed by atoms with van der Waals surface area (Å²) in [5, 5.41) is 4.44. The summed E-state index contributed by atoms with van der Waals surface area (Å²) in [5.41, 5.74) is 0. The van der Waals surface area contributed by atoms with Gasteiger partial charge in [0, 0.05) is 0 Å². The van der Waals surface area contributed by atoms with Crippen LogP contribution in [0.2, 0.25) is 0 Å². The Labute approximate surface area is 113 Å². The van der Waals surface area contributed by atoms with Gasteiger partial charge in [-0.3, -0.25) is 0 Å². The molecule has 0 unspecified atom stereocenters. The zero-order chi connectivity index (χ0) is 9.38. The van der Waals surface area contributed by atoms with E-state index in [9.17, 15) is 0 Å². The van der Waals surface area contributed by atoms with Gasteiger partial charge in [-0.15, -0.1) is 0 Å². The molecule has 0 aromatic heterocycles. The van der Waals surface area contributed by atoms with Gasteiger partial charge in [-0.25, -0.2) is 0 Å². The quantitative estimate of drug-likeness (QED) is 0.585. The first kappa shape index (κ1) is 10.8. The molecule has 6 heteroatoms. The van der Waals surface area contributed by atoms with Crippen molar-refractivity contribution in [2.45, 2.75) is 0 Å². The van der Waals surface area contributed by atoms with Gasteiger partial charge >= 0.3 is 114 Å². The van der Waals surface area contributed by atoms with Crippen molar-refractivity contribution in [1.29, 1.82) is 0 Å². The molecule has 3 heterocycles. The first-order valence-electron chi connectivity index (χ1n) is 4.02. The van der Waals surface area contributed by atoms with Crippen LogP contribution < -0.4 is 0 Å². The van der Waals surface area contributed by atoms with E-state index in [2.05, 4.69) is 34.3 Å². The maximum absolute atomic E-state index is 2.22. The Morgan fingerprint density at radius 3 is 2.07 bits per heavy atom. The Morgan fingerprint density at radius 2 is 1.50 bits per heavy atom. The Kier molecular flexibility index (Phi) is 3.77. The third-order valence-electron chi connectivity index (χ3n) is 1.66. The molecule has 0 fully saturated rings. The predicted octanol–water partition coefficient (Wildman–Crippen LogP) is 3.09. The molecule has 0 nitrogen and oxygen atoms in total. The van der Waals surface area contributed by atoms with Crippen LogP contribution >= 0.6 is 47.0 Å². The second-order valence-corrected chi connectivity index (χ2v) is 13.6. The molecule has 0 saturated carbocycles. The van der Waals surface area contributed by atoms with E-state index < -0.39 is 0 Å². The van der Waals surface area contributed by atoms with Crippen molar-refractivity contribution in [3.63, 3.8) is 0 Å². The predicted molar refractivity (Wildman–Crippen MR) is 74.8 cm³/mol. The Bertz CT molecular complexity index is 328. The first-order chi connectivity index (χ1) is 6.93. The molecule has 14 heavy (non-hydrogen) atoms. The van der Waals surface area contributed by atoms with Crippen LogP contribution in [0.5, 0.6) is 0 Å². The van der Waals surface area contributed by atoms with Gasteiger partial charge < -0.3 is 0 Å². The van der Waals surface area contributed by atoms with Crippen molar-refractivity contribution < 1.29 is 0 Å². The summed E-state index contributed by atoms with van der Waals surface area (Å²) in [6.45, 7) is 0. The Hall–Kier alpha value is 1.66. The van der Waals surface area contributed by atoms with Crippen molar-refractivity contribution in [1.82, 2.24) is 0 Å². The molecule has 0 amide bonds. The molecule has 74 valence electrons. The van der Waals surface area contributed by atoms with Crippen LogP contribution in [-0.2, 0) is 0 Å². The van der Waals surface area contributed by atoms with Crippen molar-refractivity contribution in [3.8, 4) is 0 Å². The standard InChI is InChI=1S/C8H6S4Se2/c1-2-10-5(9-1)8-13-6-7(14-8)12-4-3-11-6/h1-2H,3-4H2. The molecule has 0 saturated heterocycles. The molecule has 0 N–H and O–H groups in total. The number of rotatable bonds is 0. The molecule has 0 aromatic carbocycles. The van der Waals surface area contributed by atoms with Crippen LogP contribution in [0.15, 0.2) is 26.0 Å². The summed E-state index contributed by atoms with van der Waals surface area (Å²) < 4.78 is 6.89. The average Bonchev–Trinajstić information content (AvgIpc) is 2.86. The summed E-state index contributed by atoms with van der Waals surface area (Å²) >= 11 is 9.50. The molecule has 3 aliphatic rings. The fraction of sp³-hybridized carbons (Fsp3) is 0.250. The van der Waals surface area contributed by atoms with E-state index in [0.717, 1.165) is 0 Å². The van der Waals surface area contributed by atoms with Crippen LogP contribution in [0.3, 0.4) is 0 Å². The molecule has 3 rings (SSSR count). The molecule has 0 spiro atoms. The van der Waals surface area contributed by atoms with Gasteiger partial charge in [0.05, 0.1) is 0 Å². The van der Waals surface area contributed by atoms with Gasteiger partial charge in [0.2, 0.25) is 0 Å². The maximum atomic E-state index is 2.22. The summed E-state index contributed by atoms with van der Waals surface area (Å²) in [6, 6.07) is 0. The molecule has 0 bridgehead atoms. The van der Waals surface area contributed by atoms with Gasteiger partial charge in [0.15, 0.2) is 0 Å². The summed E-state index contributed by atoms with van der Waals surface area (Å²) in [4.78, 5) is 0. The third kappa shape index (κ3) is 2.18. The zero-order valence-electron chi connectivity index (χ0n) is 7.02. The second kappa shape index (κ2) is 4.89. The minimum atomic E-state index is 0.689. The molecule has 0 aliphatic carbocycles. The van der Waals surface area contributed by atoms with Gasteiger partial charge in [0.25, 0.3) is 0 Å². The first-order valence-corrected chi connectivity index (χ1v) is 11.2. The van der Waals surface area contributed by atoms with Crippen molar-refractivity contribution in [2.24, 2.45) is 0 Å². The topological polar surface area (TPSA) is 0 Å². The van der Waals surface area contributed by atoms with E-state index >= 15 is 0 Å². The van der Waals surface area contributed by atoms with E-state index in [-0.39, 0.29) is 0 Å². The second-order valence-electron chi connectivity index (χ2n) is 2.56. The van der Waals surface area contributed by atoms with E-state index in [1.807, 2.05) is 23.5 Å². The van der Waals surface area contributed by atoms with E-state index in [4.69, 9.17) is 0 Å². The van der Waals surface area contributed by atoms with Gasteiger partial charge in [-0.05, 0) is 0 Å². The average molecular weight is 388 g/mol. The van der Waals surface area contributed by atoms with Crippen LogP contribution in [0.1, 0.15) is 0 Å². The summed E-state index contributed by atoms with van der Waals surface area (Å²) in [7, 11) is 0. The summed E-state index contributed by atoms with van der Waals surface area (Å²) in [5.74, 6) is 2.67. The number of thioether (sulfide) groups is 4. The van der Waals surface area contributed by atoms with Gasteiger partial charge in [-0.1, -0.05) is 0 Å². The van der Waals surface area contributed by atoms with Crippen molar-refractivity contribution in [2.75, 3.05) is 11.5 Å². The van der Waals surface area contributed by atoms with Crippen LogP contribution in [-0.4, -0.2) is 41.4 Å². The van der Waals surface area contributed by atoms with Crippen LogP contribution in [0.4, 0.5) is 0 Å². The fourth-order valence-electron chi connectivity index (χ4n) is 1.10. The fourth-order valence-corrected chi connectivity index (χ4v) is 16.1. The molecule has 0 atom stereocenters. The normalized spacial score (nSPS) is 26.3. The van der Waals surface area contributed by atoms with Crippen molar-refractivity contribution in [3.05, 3.63) is 26.0 Å². The van der Waals surface area contributed by atoms with Crippen LogP contribution in [0, 0.1) is 0 Å². The third-order valence-corrected chi connectivity index (χ3v) is 15.8. The number of hydrogen-bond acceptors (Lipinski definition) is 4. The molecule has 0 aromatic rings. The summed E-state index contributed by atoms with van der Waals surface area (Å²) in [6.07, 6.45) is 0. The minimum absolute atomic E-state index is 0.689. The molecular weight excluding hydrogens is 382 g/mol. The van der Waals surface area contributed by atoms with Crippen molar-refractivity contribution >= 4 is 77.0 Å². The van der Waals surface area contributed by atoms with E-state index in [1.165, 1.54) is 11.5 Å². The monoisotopic (exact) mass is 390 g/mol. The molecule has 0 radical (unpaired) electrons. The Balaban J connectivity index is 1.81.